The van der Waals surface area contributed by atoms with E-state index in [2.05, 4.69) is 52.4 Å². The number of hydrogen-bond acceptors (Lipinski definition) is 6. The fraction of sp³-hybridized carbons (Fsp3) is 0.280. The van der Waals surface area contributed by atoms with Gasteiger partial charge in [0.05, 0.1) is 32.7 Å². The van der Waals surface area contributed by atoms with Crippen LogP contribution in [0.25, 0.3) is 5.65 Å². The Labute approximate surface area is 188 Å². The summed E-state index contributed by atoms with van der Waals surface area (Å²) in [6, 6.07) is 18.1. The van der Waals surface area contributed by atoms with Crippen molar-refractivity contribution in [1.29, 1.82) is 0 Å². The lowest BCUT2D eigenvalue weighted by atomic mass is 10.1. The first-order valence-corrected chi connectivity index (χ1v) is 10.6. The molecule has 2 aromatic heterocycles. The van der Waals surface area contributed by atoms with Crippen LogP contribution in [0.4, 0.5) is 5.69 Å². The summed E-state index contributed by atoms with van der Waals surface area (Å²) in [5.41, 5.74) is 3.97. The van der Waals surface area contributed by atoms with Gasteiger partial charge in [0.15, 0.2) is 5.65 Å². The number of rotatable bonds is 10. The molecule has 0 unspecified atom stereocenters. The van der Waals surface area contributed by atoms with Gasteiger partial charge in [0, 0.05) is 19.2 Å². The van der Waals surface area contributed by atoms with Gasteiger partial charge in [-0.1, -0.05) is 31.2 Å². The van der Waals surface area contributed by atoms with Crippen molar-refractivity contribution in [3.63, 3.8) is 0 Å². The zero-order chi connectivity index (χ0) is 22.3. The third kappa shape index (κ3) is 4.94. The van der Waals surface area contributed by atoms with Crippen molar-refractivity contribution in [2.24, 2.45) is 0 Å². The van der Waals surface area contributed by atoms with Crippen molar-refractivity contribution in [3.05, 3.63) is 78.1 Å². The summed E-state index contributed by atoms with van der Waals surface area (Å²) in [7, 11) is 3.34. The quantitative estimate of drug-likeness (QED) is 0.367. The highest BCUT2D eigenvalue weighted by Crippen LogP contribution is 2.28. The lowest BCUT2D eigenvalue weighted by Crippen LogP contribution is -2.23. The van der Waals surface area contributed by atoms with Gasteiger partial charge in [0.25, 0.3) is 0 Å². The number of ether oxygens (including phenoxy) is 3. The van der Waals surface area contributed by atoms with Gasteiger partial charge in [-0.25, -0.2) is 9.50 Å². The number of aromatic nitrogens is 3. The predicted octanol–water partition coefficient (Wildman–Crippen LogP) is 4.54. The standard InChI is InChI=1S/C25H27N4O3/c1-4-15-32-24-16-23(25-26-13-14-29(25)27-24)28(17-19-5-9-21(30-2)10-6-19)18-20-7-11-22(31-3)12-8-20/h5-13,16H,4,15,17-18H2,1-3H3. The fourth-order valence-electron chi connectivity index (χ4n) is 3.46. The number of nitrogens with zero attached hydrogens (tertiary/aromatic N) is 4. The molecule has 2 heterocycles. The van der Waals surface area contributed by atoms with E-state index in [-0.39, 0.29) is 0 Å². The van der Waals surface area contributed by atoms with Gasteiger partial charge in [-0.05, 0) is 41.8 Å². The first-order chi connectivity index (χ1) is 15.7. The Morgan fingerprint density at radius 3 is 2.03 bits per heavy atom. The molecular formula is C25H27N4O3. The Kier molecular flexibility index (Phi) is 6.75. The third-order valence-electron chi connectivity index (χ3n) is 5.12. The zero-order valence-electron chi connectivity index (χ0n) is 18.6. The van der Waals surface area contributed by atoms with Gasteiger partial charge in [-0.2, -0.15) is 0 Å². The SMILES string of the molecule is CCCOc1cc(N(Cc2ccc(OC)cc2)Cc2ccc(OC)cc2)c2nc[c]n2n1. The van der Waals surface area contributed by atoms with Crippen LogP contribution in [0.2, 0.25) is 0 Å². The number of imidazole rings is 1. The fourth-order valence-corrected chi connectivity index (χ4v) is 3.46. The van der Waals surface area contributed by atoms with Crippen LogP contribution in [0.3, 0.4) is 0 Å². The average Bonchev–Trinajstić information content (AvgIpc) is 3.31. The summed E-state index contributed by atoms with van der Waals surface area (Å²) in [6.45, 7) is 4.03. The molecule has 1 radical (unpaired) electrons. The first-order valence-electron chi connectivity index (χ1n) is 10.6. The molecule has 0 atom stereocenters. The Bertz CT molecular complexity index is 1090. The normalized spacial score (nSPS) is 10.8. The molecule has 7 nitrogen and oxygen atoms in total. The van der Waals surface area contributed by atoms with Crippen LogP contribution in [0.5, 0.6) is 17.4 Å². The van der Waals surface area contributed by atoms with Crippen molar-refractivity contribution >= 4 is 11.3 Å². The molecule has 32 heavy (non-hydrogen) atoms. The summed E-state index contributed by atoms with van der Waals surface area (Å²) >= 11 is 0. The molecule has 0 saturated heterocycles. The number of fused-ring (bicyclic) bond motifs is 1. The molecule has 165 valence electrons. The highest BCUT2D eigenvalue weighted by molar-refractivity contribution is 5.69. The molecule has 4 rings (SSSR count). The van der Waals surface area contributed by atoms with Crippen LogP contribution in [0, 0.1) is 6.20 Å². The minimum atomic E-state index is 0.554. The molecule has 2 aromatic carbocycles. The maximum absolute atomic E-state index is 5.85. The lowest BCUT2D eigenvalue weighted by molar-refractivity contribution is 0.300. The van der Waals surface area contributed by atoms with E-state index in [1.54, 1.807) is 24.9 Å². The Hall–Kier alpha value is -3.74. The van der Waals surface area contributed by atoms with E-state index in [0.717, 1.165) is 40.4 Å². The van der Waals surface area contributed by atoms with Crippen LogP contribution in [-0.4, -0.2) is 35.4 Å². The minimum absolute atomic E-state index is 0.554. The zero-order valence-corrected chi connectivity index (χ0v) is 18.6. The summed E-state index contributed by atoms with van der Waals surface area (Å²) in [5, 5.41) is 4.49. The second-order valence-electron chi connectivity index (χ2n) is 7.39. The minimum Gasteiger partial charge on any atom is -0.497 e. The highest BCUT2D eigenvalue weighted by atomic mass is 16.5. The average molecular weight is 432 g/mol. The Morgan fingerprint density at radius 2 is 1.50 bits per heavy atom. The third-order valence-corrected chi connectivity index (χ3v) is 5.12. The van der Waals surface area contributed by atoms with Crippen LogP contribution in [0.15, 0.2) is 60.8 Å². The molecule has 0 aliphatic rings. The summed E-state index contributed by atoms with van der Waals surface area (Å²) in [4.78, 5) is 6.77. The molecule has 0 aliphatic carbocycles. The van der Waals surface area contributed by atoms with E-state index in [9.17, 15) is 0 Å². The smallest absolute Gasteiger partial charge is 0.233 e. The molecule has 4 aromatic rings. The number of hydrogen-bond donors (Lipinski definition) is 0. The summed E-state index contributed by atoms with van der Waals surface area (Å²) in [5.74, 6) is 2.22. The second-order valence-corrected chi connectivity index (χ2v) is 7.39. The van der Waals surface area contributed by atoms with Crippen molar-refractivity contribution in [3.8, 4) is 17.4 Å². The topological polar surface area (TPSA) is 61.1 Å². The molecule has 0 aliphatic heterocycles. The molecule has 0 amide bonds. The monoisotopic (exact) mass is 431 g/mol. The van der Waals surface area contributed by atoms with Crippen molar-refractivity contribution in [1.82, 2.24) is 14.6 Å². The van der Waals surface area contributed by atoms with E-state index < -0.39 is 0 Å². The first kappa shape index (κ1) is 21.5. The molecule has 0 spiro atoms. The Morgan fingerprint density at radius 1 is 0.906 bits per heavy atom. The number of benzene rings is 2. The molecular weight excluding hydrogens is 404 g/mol. The second kappa shape index (κ2) is 10.0. The number of methoxy groups -OCH3 is 2. The van der Waals surface area contributed by atoms with Gasteiger partial charge in [0.1, 0.15) is 17.7 Å². The van der Waals surface area contributed by atoms with Crippen LogP contribution < -0.4 is 19.1 Å². The van der Waals surface area contributed by atoms with E-state index in [0.29, 0.717) is 25.6 Å². The number of anilines is 1. The van der Waals surface area contributed by atoms with Gasteiger partial charge in [-0.3, -0.25) is 0 Å². The van der Waals surface area contributed by atoms with E-state index in [1.807, 2.05) is 30.3 Å². The van der Waals surface area contributed by atoms with Gasteiger partial charge < -0.3 is 19.1 Å². The summed E-state index contributed by atoms with van der Waals surface area (Å²) in [6.07, 6.45) is 5.58. The van der Waals surface area contributed by atoms with Crippen LogP contribution >= 0.6 is 0 Å². The van der Waals surface area contributed by atoms with Crippen LogP contribution in [-0.2, 0) is 13.1 Å². The lowest BCUT2D eigenvalue weighted by Gasteiger charge is -2.26. The van der Waals surface area contributed by atoms with Crippen molar-refractivity contribution in [2.45, 2.75) is 26.4 Å². The van der Waals surface area contributed by atoms with E-state index in [1.165, 1.54) is 0 Å². The summed E-state index contributed by atoms with van der Waals surface area (Å²) < 4.78 is 18.1. The largest absolute Gasteiger partial charge is 0.497 e. The van der Waals surface area contributed by atoms with Gasteiger partial charge in [0.2, 0.25) is 5.88 Å². The van der Waals surface area contributed by atoms with Crippen molar-refractivity contribution in [2.75, 3.05) is 25.7 Å². The maximum atomic E-state index is 5.85. The van der Waals surface area contributed by atoms with Gasteiger partial charge in [-0.15, -0.1) is 5.10 Å². The molecule has 0 N–H and O–H groups in total. The Balaban J connectivity index is 1.72. The molecule has 0 bridgehead atoms. The van der Waals surface area contributed by atoms with Gasteiger partial charge >= 0.3 is 0 Å². The predicted molar refractivity (Wildman–Crippen MR) is 123 cm³/mol. The van der Waals surface area contributed by atoms with E-state index >= 15 is 0 Å². The maximum Gasteiger partial charge on any atom is 0.233 e. The van der Waals surface area contributed by atoms with Crippen molar-refractivity contribution < 1.29 is 14.2 Å². The molecule has 7 heteroatoms. The van der Waals surface area contributed by atoms with E-state index in [4.69, 9.17) is 14.2 Å². The molecule has 0 saturated carbocycles. The highest BCUT2D eigenvalue weighted by Gasteiger charge is 2.17. The molecule has 0 fully saturated rings. The van der Waals surface area contributed by atoms with Crippen LogP contribution in [0.1, 0.15) is 24.5 Å².